The molecule has 0 aliphatic carbocycles. The summed E-state index contributed by atoms with van der Waals surface area (Å²) in [5.74, 6) is 0.791. The van der Waals surface area contributed by atoms with Gasteiger partial charge in [-0.2, -0.15) is 5.10 Å². The summed E-state index contributed by atoms with van der Waals surface area (Å²) >= 11 is 0. The molecule has 0 bridgehead atoms. The molecule has 0 amide bonds. The molecule has 0 aromatic carbocycles. The Morgan fingerprint density at radius 2 is 2.20 bits per heavy atom. The number of hydrogen-bond donors (Lipinski definition) is 0. The van der Waals surface area contributed by atoms with Crippen LogP contribution in [-0.4, -0.2) is 34.5 Å². The maximum Gasteiger partial charge on any atom is 0.168 e. The van der Waals surface area contributed by atoms with Crippen molar-refractivity contribution in [2.75, 3.05) is 19.0 Å². The van der Waals surface area contributed by atoms with Crippen molar-refractivity contribution >= 4 is 17.2 Å². The largest absolute Gasteiger partial charge is 0.363 e. The van der Waals surface area contributed by atoms with Crippen LogP contribution in [-0.2, 0) is 0 Å². The Bertz CT molecular complexity index is 515. The third-order valence-corrected chi connectivity index (χ3v) is 2.19. The van der Waals surface area contributed by atoms with Crippen LogP contribution in [0.15, 0.2) is 18.5 Å². The third kappa shape index (κ3) is 1.56. The molecule has 0 aliphatic rings. The van der Waals surface area contributed by atoms with Gasteiger partial charge in [-0.25, -0.2) is 9.50 Å². The van der Waals surface area contributed by atoms with Crippen molar-refractivity contribution in [2.45, 2.75) is 6.92 Å². The summed E-state index contributed by atoms with van der Waals surface area (Å²) in [6.07, 6.45) is 3.34. The standard InChI is InChI=1S/C10H12N4O/c1-7(15)8-6-11-14-5-4-9(13(2)3)12-10(8)14/h4-6H,1-3H3. The lowest BCUT2D eigenvalue weighted by Crippen LogP contribution is -2.11. The fourth-order valence-electron chi connectivity index (χ4n) is 1.36. The van der Waals surface area contributed by atoms with Gasteiger partial charge in [-0.05, 0) is 13.0 Å². The van der Waals surface area contributed by atoms with E-state index in [2.05, 4.69) is 10.1 Å². The highest BCUT2D eigenvalue weighted by Crippen LogP contribution is 2.13. The minimum Gasteiger partial charge on any atom is -0.363 e. The number of carbonyl (C=O) groups excluding carboxylic acids is 1. The van der Waals surface area contributed by atoms with Gasteiger partial charge in [-0.1, -0.05) is 0 Å². The van der Waals surface area contributed by atoms with Crippen molar-refractivity contribution in [2.24, 2.45) is 0 Å². The number of rotatable bonds is 2. The highest BCUT2D eigenvalue weighted by Gasteiger charge is 2.10. The lowest BCUT2D eigenvalue weighted by atomic mass is 10.2. The summed E-state index contributed by atoms with van der Waals surface area (Å²) in [6.45, 7) is 1.51. The number of hydrogen-bond acceptors (Lipinski definition) is 4. The van der Waals surface area contributed by atoms with Crippen LogP contribution in [0.5, 0.6) is 0 Å². The van der Waals surface area contributed by atoms with Crippen molar-refractivity contribution in [3.8, 4) is 0 Å². The summed E-state index contributed by atoms with van der Waals surface area (Å²) < 4.78 is 1.60. The zero-order valence-corrected chi connectivity index (χ0v) is 8.93. The Labute approximate surface area is 87.3 Å². The van der Waals surface area contributed by atoms with Crippen LogP contribution < -0.4 is 4.90 Å². The first-order chi connectivity index (χ1) is 7.09. The summed E-state index contributed by atoms with van der Waals surface area (Å²) in [5.41, 5.74) is 1.16. The van der Waals surface area contributed by atoms with E-state index in [1.807, 2.05) is 25.1 Å². The number of carbonyl (C=O) groups is 1. The van der Waals surface area contributed by atoms with E-state index in [4.69, 9.17) is 0 Å². The molecule has 2 aromatic heterocycles. The lowest BCUT2D eigenvalue weighted by Gasteiger charge is -2.10. The van der Waals surface area contributed by atoms with E-state index >= 15 is 0 Å². The van der Waals surface area contributed by atoms with Gasteiger partial charge < -0.3 is 4.90 Å². The Balaban J connectivity index is 2.66. The number of ketones is 1. The molecule has 2 aromatic rings. The molecule has 0 saturated carbocycles. The van der Waals surface area contributed by atoms with Gasteiger partial charge in [0.05, 0.1) is 11.8 Å². The number of Topliss-reactive ketones (excluding diaryl/α,β-unsaturated/α-hetero) is 1. The molecule has 15 heavy (non-hydrogen) atoms. The van der Waals surface area contributed by atoms with Crippen LogP contribution in [0.2, 0.25) is 0 Å². The van der Waals surface area contributed by atoms with Gasteiger partial charge in [0.25, 0.3) is 0 Å². The van der Waals surface area contributed by atoms with E-state index in [-0.39, 0.29) is 5.78 Å². The zero-order valence-electron chi connectivity index (χ0n) is 8.93. The fraction of sp³-hybridized carbons (Fsp3) is 0.300. The van der Waals surface area contributed by atoms with Gasteiger partial charge in [0.15, 0.2) is 11.4 Å². The fourth-order valence-corrected chi connectivity index (χ4v) is 1.36. The molecule has 0 N–H and O–H groups in total. The molecule has 0 saturated heterocycles. The molecule has 0 spiro atoms. The van der Waals surface area contributed by atoms with Crippen LogP contribution in [0, 0.1) is 0 Å². The Kier molecular flexibility index (Phi) is 2.15. The molecule has 0 fully saturated rings. The molecule has 0 aliphatic heterocycles. The smallest absolute Gasteiger partial charge is 0.168 e. The predicted octanol–water partition coefficient (Wildman–Crippen LogP) is 0.998. The van der Waals surface area contributed by atoms with E-state index in [0.717, 1.165) is 5.82 Å². The van der Waals surface area contributed by atoms with Crippen LogP contribution in [0.4, 0.5) is 5.82 Å². The van der Waals surface area contributed by atoms with Gasteiger partial charge in [0, 0.05) is 20.3 Å². The predicted molar refractivity (Wildman–Crippen MR) is 57.3 cm³/mol. The summed E-state index contributed by atoms with van der Waals surface area (Å²) in [5, 5.41) is 4.06. The average molecular weight is 204 g/mol. The van der Waals surface area contributed by atoms with Crippen molar-refractivity contribution in [1.29, 1.82) is 0 Å². The van der Waals surface area contributed by atoms with E-state index < -0.39 is 0 Å². The Morgan fingerprint density at radius 1 is 1.47 bits per heavy atom. The molecule has 5 heteroatoms. The van der Waals surface area contributed by atoms with Crippen molar-refractivity contribution < 1.29 is 4.79 Å². The number of anilines is 1. The van der Waals surface area contributed by atoms with E-state index in [9.17, 15) is 4.79 Å². The highest BCUT2D eigenvalue weighted by molar-refractivity contribution is 5.99. The topological polar surface area (TPSA) is 50.5 Å². The summed E-state index contributed by atoms with van der Waals surface area (Å²) in [4.78, 5) is 17.5. The molecule has 2 rings (SSSR count). The van der Waals surface area contributed by atoms with Crippen LogP contribution in [0.1, 0.15) is 17.3 Å². The molecule has 0 unspecified atom stereocenters. The first kappa shape index (κ1) is 9.64. The van der Waals surface area contributed by atoms with Crippen LogP contribution >= 0.6 is 0 Å². The van der Waals surface area contributed by atoms with E-state index in [0.29, 0.717) is 11.2 Å². The minimum absolute atomic E-state index is 0.0200. The second-order valence-electron chi connectivity index (χ2n) is 3.56. The van der Waals surface area contributed by atoms with Gasteiger partial charge in [-0.15, -0.1) is 0 Å². The Hall–Kier alpha value is -1.91. The second-order valence-corrected chi connectivity index (χ2v) is 3.56. The quantitative estimate of drug-likeness (QED) is 0.685. The van der Waals surface area contributed by atoms with Crippen molar-refractivity contribution in [3.63, 3.8) is 0 Å². The summed E-state index contributed by atoms with van der Waals surface area (Å²) in [6, 6.07) is 1.85. The van der Waals surface area contributed by atoms with E-state index in [1.165, 1.54) is 6.92 Å². The number of fused-ring (bicyclic) bond motifs is 1. The normalized spacial score (nSPS) is 10.6. The molecular weight excluding hydrogens is 192 g/mol. The van der Waals surface area contributed by atoms with E-state index in [1.54, 1.807) is 16.9 Å². The molecular formula is C10H12N4O. The summed E-state index contributed by atoms with van der Waals surface area (Å²) in [7, 11) is 3.81. The van der Waals surface area contributed by atoms with Crippen LogP contribution in [0.25, 0.3) is 5.65 Å². The second kappa shape index (κ2) is 3.34. The average Bonchev–Trinajstić information content (AvgIpc) is 2.59. The van der Waals surface area contributed by atoms with Gasteiger partial charge in [-0.3, -0.25) is 4.79 Å². The van der Waals surface area contributed by atoms with Crippen molar-refractivity contribution in [1.82, 2.24) is 14.6 Å². The van der Waals surface area contributed by atoms with Gasteiger partial charge in [0.1, 0.15) is 5.82 Å². The highest BCUT2D eigenvalue weighted by atomic mass is 16.1. The lowest BCUT2D eigenvalue weighted by molar-refractivity contribution is 0.101. The maximum absolute atomic E-state index is 11.3. The van der Waals surface area contributed by atoms with Gasteiger partial charge in [0.2, 0.25) is 0 Å². The first-order valence-corrected chi connectivity index (χ1v) is 4.62. The molecule has 5 nitrogen and oxygen atoms in total. The first-order valence-electron chi connectivity index (χ1n) is 4.62. The molecule has 0 atom stereocenters. The molecule has 0 radical (unpaired) electrons. The number of aromatic nitrogens is 3. The third-order valence-electron chi connectivity index (χ3n) is 2.19. The SMILES string of the molecule is CC(=O)c1cnn2ccc(N(C)C)nc12. The zero-order chi connectivity index (χ0) is 11.0. The maximum atomic E-state index is 11.3. The monoisotopic (exact) mass is 204 g/mol. The molecule has 78 valence electrons. The Morgan fingerprint density at radius 3 is 2.80 bits per heavy atom. The van der Waals surface area contributed by atoms with Crippen LogP contribution in [0.3, 0.4) is 0 Å². The minimum atomic E-state index is -0.0200. The number of nitrogens with zero attached hydrogens (tertiary/aromatic N) is 4. The van der Waals surface area contributed by atoms with Crippen molar-refractivity contribution in [3.05, 3.63) is 24.0 Å². The van der Waals surface area contributed by atoms with Gasteiger partial charge >= 0.3 is 0 Å². The molecule has 2 heterocycles.